The highest BCUT2D eigenvalue weighted by molar-refractivity contribution is 6.20. The molecule has 0 radical (unpaired) electrons. The highest BCUT2D eigenvalue weighted by Gasteiger charge is 2.32. The third-order valence-electron chi connectivity index (χ3n) is 4.37. The van der Waals surface area contributed by atoms with E-state index in [-0.39, 0.29) is 6.10 Å². The zero-order valence-corrected chi connectivity index (χ0v) is 11.3. The van der Waals surface area contributed by atoms with Gasteiger partial charge in [0.2, 0.25) is 0 Å². The van der Waals surface area contributed by atoms with Gasteiger partial charge in [0.1, 0.15) is 0 Å². The van der Waals surface area contributed by atoms with Crippen molar-refractivity contribution in [2.75, 3.05) is 0 Å². The van der Waals surface area contributed by atoms with Gasteiger partial charge in [-0.25, -0.2) is 0 Å². The molecule has 0 bridgehead atoms. The third-order valence-corrected chi connectivity index (χ3v) is 5.24. The molecule has 2 fully saturated rings. The van der Waals surface area contributed by atoms with Crippen molar-refractivity contribution < 1.29 is 5.11 Å². The van der Waals surface area contributed by atoms with Crippen molar-refractivity contribution in [3.05, 3.63) is 0 Å². The van der Waals surface area contributed by atoms with E-state index in [0.717, 1.165) is 51.4 Å². The Bertz CT molecular complexity index is 184. The first-order valence-electron chi connectivity index (χ1n) is 6.63. The number of rotatable bonds is 2. The van der Waals surface area contributed by atoms with Gasteiger partial charge in [-0.2, -0.15) is 0 Å². The molecule has 0 aromatic heterocycles. The molecule has 2 rings (SSSR count). The molecule has 0 aromatic carbocycles. The second-order valence-corrected chi connectivity index (χ2v) is 6.75. The molecule has 2 saturated carbocycles. The van der Waals surface area contributed by atoms with Crippen LogP contribution >= 0.6 is 23.2 Å². The lowest BCUT2D eigenvalue weighted by Gasteiger charge is -2.36. The molecule has 2 aliphatic carbocycles. The second kappa shape index (κ2) is 5.93. The Morgan fingerprint density at radius 3 is 1.31 bits per heavy atom. The average Bonchev–Trinajstić information content (AvgIpc) is 2.30. The molecule has 0 spiro atoms. The molecule has 0 aliphatic heterocycles. The molecule has 94 valence electrons. The van der Waals surface area contributed by atoms with Gasteiger partial charge < -0.3 is 5.11 Å². The molecule has 0 atom stereocenters. The molecule has 16 heavy (non-hydrogen) atoms. The van der Waals surface area contributed by atoms with Gasteiger partial charge >= 0.3 is 0 Å². The summed E-state index contributed by atoms with van der Waals surface area (Å²) in [5, 5.41) is 11.1. The van der Waals surface area contributed by atoms with Gasteiger partial charge in [0.25, 0.3) is 0 Å². The summed E-state index contributed by atoms with van der Waals surface area (Å²) < 4.78 is 0. The second-order valence-electron chi connectivity index (χ2n) is 5.51. The highest BCUT2D eigenvalue weighted by Crippen LogP contribution is 2.37. The quantitative estimate of drug-likeness (QED) is 0.750. The summed E-state index contributed by atoms with van der Waals surface area (Å²) in [6.07, 6.45) is 8.64. The molecule has 0 heterocycles. The Morgan fingerprint density at radius 1 is 0.688 bits per heavy atom. The Labute approximate surface area is 109 Å². The molecule has 0 amide bonds. The smallest absolute Gasteiger partial charge is 0.0596 e. The molecule has 3 heteroatoms. The van der Waals surface area contributed by atoms with Crippen molar-refractivity contribution in [3.8, 4) is 0 Å². The van der Waals surface area contributed by atoms with Crippen molar-refractivity contribution in [3.63, 3.8) is 0 Å². The Hall–Kier alpha value is 0.540. The van der Waals surface area contributed by atoms with Crippen LogP contribution in [-0.4, -0.2) is 22.0 Å². The van der Waals surface area contributed by atoms with Crippen molar-refractivity contribution in [2.45, 2.75) is 68.2 Å². The van der Waals surface area contributed by atoms with E-state index in [4.69, 9.17) is 23.2 Å². The number of aliphatic hydroxyl groups excluding tert-OH is 1. The van der Waals surface area contributed by atoms with E-state index in [9.17, 15) is 5.11 Å². The summed E-state index contributed by atoms with van der Waals surface area (Å²) in [6.45, 7) is 0. The van der Waals surface area contributed by atoms with Crippen LogP contribution < -0.4 is 0 Å². The molecule has 0 saturated heterocycles. The van der Waals surface area contributed by atoms with E-state index in [1.165, 1.54) is 0 Å². The normalized spacial score (nSPS) is 42.9. The predicted octanol–water partition coefficient (Wildman–Crippen LogP) is 3.94. The third kappa shape index (κ3) is 3.27. The number of halogens is 2. The van der Waals surface area contributed by atoms with Gasteiger partial charge in [0.15, 0.2) is 0 Å². The van der Waals surface area contributed by atoms with Crippen LogP contribution in [-0.2, 0) is 0 Å². The van der Waals surface area contributed by atoms with Gasteiger partial charge in [0, 0.05) is 10.8 Å². The fourth-order valence-electron chi connectivity index (χ4n) is 3.22. The van der Waals surface area contributed by atoms with E-state index in [0.29, 0.717) is 22.6 Å². The van der Waals surface area contributed by atoms with E-state index >= 15 is 0 Å². The number of hydrogen-bond donors (Lipinski definition) is 1. The zero-order valence-electron chi connectivity index (χ0n) is 9.75. The maximum atomic E-state index is 10.4. The first-order valence-corrected chi connectivity index (χ1v) is 7.50. The minimum Gasteiger partial charge on any atom is -0.393 e. The minimum absolute atomic E-state index is 0.103. The van der Waals surface area contributed by atoms with Crippen LogP contribution in [0.1, 0.15) is 51.4 Å². The van der Waals surface area contributed by atoms with Crippen LogP contribution in [0.4, 0.5) is 0 Å². The summed E-state index contributed by atoms with van der Waals surface area (Å²) in [6, 6.07) is 0. The topological polar surface area (TPSA) is 20.2 Å². The van der Waals surface area contributed by atoms with E-state index in [1.54, 1.807) is 0 Å². The fourth-order valence-corrected chi connectivity index (χ4v) is 3.73. The van der Waals surface area contributed by atoms with Gasteiger partial charge in [-0.05, 0) is 63.2 Å². The first kappa shape index (κ1) is 13.0. The summed E-state index contributed by atoms with van der Waals surface area (Å²) in [5.74, 6) is 0.985. The monoisotopic (exact) mass is 264 g/mol. The summed E-state index contributed by atoms with van der Waals surface area (Å²) in [4.78, 5) is 0. The Balaban J connectivity index is 1.80. The van der Waals surface area contributed by atoms with Crippen LogP contribution in [0, 0.1) is 11.8 Å². The highest BCUT2D eigenvalue weighted by atomic mass is 35.5. The lowest BCUT2D eigenvalue weighted by Crippen LogP contribution is -2.34. The van der Waals surface area contributed by atoms with Crippen LogP contribution in [0.25, 0.3) is 0 Å². The summed E-state index contributed by atoms with van der Waals surface area (Å²) in [7, 11) is 0. The molecular formula is C13H22Cl2O. The van der Waals surface area contributed by atoms with Gasteiger partial charge in [0.05, 0.1) is 6.10 Å². The van der Waals surface area contributed by atoms with E-state index < -0.39 is 0 Å². The average molecular weight is 265 g/mol. The predicted molar refractivity (Wildman–Crippen MR) is 69.2 cm³/mol. The SMILES string of the molecule is OC(C1CCC(Cl)CC1)C1CCC(Cl)CC1. The van der Waals surface area contributed by atoms with Crippen LogP contribution in [0.2, 0.25) is 0 Å². The van der Waals surface area contributed by atoms with Crippen molar-refractivity contribution >= 4 is 23.2 Å². The first-order chi connectivity index (χ1) is 7.66. The maximum absolute atomic E-state index is 10.4. The Morgan fingerprint density at radius 2 is 1.00 bits per heavy atom. The molecular weight excluding hydrogens is 243 g/mol. The molecule has 0 aromatic rings. The minimum atomic E-state index is -0.103. The van der Waals surface area contributed by atoms with Gasteiger partial charge in [-0.3, -0.25) is 0 Å². The number of alkyl halides is 2. The molecule has 1 nitrogen and oxygen atoms in total. The van der Waals surface area contributed by atoms with Gasteiger partial charge in [-0.1, -0.05) is 0 Å². The summed E-state index contributed by atoms with van der Waals surface area (Å²) >= 11 is 12.2. The van der Waals surface area contributed by atoms with E-state index in [2.05, 4.69) is 0 Å². The maximum Gasteiger partial charge on any atom is 0.0596 e. The molecule has 1 N–H and O–H groups in total. The zero-order chi connectivity index (χ0) is 11.5. The standard InChI is InChI=1S/C13H22Cl2O/c14-11-5-1-9(2-6-11)13(16)10-3-7-12(15)8-4-10/h9-13,16H,1-8H2. The van der Waals surface area contributed by atoms with Crippen LogP contribution in [0.15, 0.2) is 0 Å². The van der Waals surface area contributed by atoms with Crippen LogP contribution in [0.3, 0.4) is 0 Å². The lowest BCUT2D eigenvalue weighted by molar-refractivity contribution is 0.0194. The molecule has 2 aliphatic rings. The van der Waals surface area contributed by atoms with Crippen molar-refractivity contribution in [1.82, 2.24) is 0 Å². The van der Waals surface area contributed by atoms with Crippen molar-refractivity contribution in [1.29, 1.82) is 0 Å². The number of aliphatic hydroxyl groups is 1. The lowest BCUT2D eigenvalue weighted by atomic mass is 9.75. The van der Waals surface area contributed by atoms with Crippen LogP contribution in [0.5, 0.6) is 0 Å². The van der Waals surface area contributed by atoms with Crippen molar-refractivity contribution in [2.24, 2.45) is 11.8 Å². The molecule has 0 unspecified atom stereocenters. The van der Waals surface area contributed by atoms with E-state index in [1.807, 2.05) is 0 Å². The fraction of sp³-hybridized carbons (Fsp3) is 1.00. The largest absolute Gasteiger partial charge is 0.393 e. The summed E-state index contributed by atoms with van der Waals surface area (Å²) in [5.41, 5.74) is 0. The Kier molecular flexibility index (Phi) is 4.81. The number of hydrogen-bond acceptors (Lipinski definition) is 1. The van der Waals surface area contributed by atoms with Gasteiger partial charge in [-0.15, -0.1) is 23.2 Å².